The average Bonchev–Trinajstić information content (AvgIpc) is 2.48. The van der Waals surface area contributed by atoms with Crippen LogP contribution in [0, 0.1) is 5.92 Å². The summed E-state index contributed by atoms with van der Waals surface area (Å²) < 4.78 is 5.13. The number of anilines is 2. The number of hydrogen-bond acceptors (Lipinski definition) is 5. The lowest BCUT2D eigenvalue weighted by Gasteiger charge is -2.35. The standard InChI is InChI=1S/C16H24N2O3/c1-2-21-16(20)14-10-13(17)5-6-15(14)18-8-3-4-12(11-18)7-9-19/h5-6,10,12,19H,2-4,7-9,11,17H2,1H3. The van der Waals surface area contributed by atoms with Gasteiger partial charge in [-0.1, -0.05) is 0 Å². The highest BCUT2D eigenvalue weighted by atomic mass is 16.5. The zero-order chi connectivity index (χ0) is 15.2. The number of esters is 1. The van der Waals surface area contributed by atoms with Crippen LogP contribution >= 0.6 is 0 Å². The first-order valence-corrected chi connectivity index (χ1v) is 7.58. The summed E-state index contributed by atoms with van der Waals surface area (Å²) in [5, 5.41) is 9.12. The minimum atomic E-state index is -0.330. The van der Waals surface area contributed by atoms with E-state index in [4.69, 9.17) is 15.6 Å². The van der Waals surface area contributed by atoms with Crippen molar-refractivity contribution in [3.05, 3.63) is 23.8 Å². The van der Waals surface area contributed by atoms with Crippen LogP contribution in [-0.2, 0) is 4.74 Å². The second kappa shape index (κ2) is 7.31. The fourth-order valence-corrected chi connectivity index (χ4v) is 2.90. The van der Waals surface area contributed by atoms with E-state index in [0.717, 1.165) is 38.0 Å². The third-order valence-electron chi connectivity index (χ3n) is 3.91. The van der Waals surface area contributed by atoms with Crippen molar-refractivity contribution < 1.29 is 14.6 Å². The molecular formula is C16H24N2O3. The number of nitrogens with two attached hydrogens (primary N) is 1. The van der Waals surface area contributed by atoms with E-state index in [2.05, 4.69) is 4.90 Å². The Morgan fingerprint density at radius 2 is 2.33 bits per heavy atom. The predicted octanol–water partition coefficient (Wildman–Crippen LogP) is 2.04. The van der Waals surface area contributed by atoms with Gasteiger partial charge < -0.3 is 20.5 Å². The van der Waals surface area contributed by atoms with Gasteiger partial charge in [-0.2, -0.15) is 0 Å². The first-order valence-electron chi connectivity index (χ1n) is 7.58. The molecule has 5 nitrogen and oxygen atoms in total. The molecule has 116 valence electrons. The monoisotopic (exact) mass is 292 g/mol. The Labute approximate surface area is 125 Å². The highest BCUT2D eigenvalue weighted by Crippen LogP contribution is 2.29. The topological polar surface area (TPSA) is 75.8 Å². The summed E-state index contributed by atoms with van der Waals surface area (Å²) in [6, 6.07) is 5.39. The Morgan fingerprint density at radius 1 is 1.52 bits per heavy atom. The van der Waals surface area contributed by atoms with Gasteiger partial charge in [0.25, 0.3) is 0 Å². The minimum Gasteiger partial charge on any atom is -0.462 e. The Hall–Kier alpha value is -1.75. The molecule has 0 aliphatic carbocycles. The molecule has 1 aliphatic heterocycles. The summed E-state index contributed by atoms with van der Waals surface area (Å²) in [6.45, 7) is 4.13. The molecule has 1 fully saturated rings. The van der Waals surface area contributed by atoms with Gasteiger partial charge in [-0.05, 0) is 50.3 Å². The number of ether oxygens (including phenoxy) is 1. The fourth-order valence-electron chi connectivity index (χ4n) is 2.90. The van der Waals surface area contributed by atoms with Crippen LogP contribution in [0.1, 0.15) is 36.5 Å². The van der Waals surface area contributed by atoms with Crippen molar-refractivity contribution in [2.45, 2.75) is 26.2 Å². The molecule has 1 saturated heterocycles. The molecule has 0 aromatic heterocycles. The van der Waals surface area contributed by atoms with Crippen molar-refractivity contribution in [2.24, 2.45) is 5.92 Å². The summed E-state index contributed by atoms with van der Waals surface area (Å²) in [7, 11) is 0. The van der Waals surface area contributed by atoms with E-state index in [0.29, 0.717) is 23.8 Å². The highest BCUT2D eigenvalue weighted by molar-refractivity contribution is 5.97. The number of aliphatic hydroxyl groups excluding tert-OH is 1. The molecule has 1 atom stereocenters. The van der Waals surface area contributed by atoms with E-state index in [-0.39, 0.29) is 12.6 Å². The van der Waals surface area contributed by atoms with Gasteiger partial charge in [0.05, 0.1) is 17.9 Å². The molecule has 0 saturated carbocycles. The van der Waals surface area contributed by atoms with Crippen molar-refractivity contribution in [1.29, 1.82) is 0 Å². The van der Waals surface area contributed by atoms with Gasteiger partial charge >= 0.3 is 5.97 Å². The molecule has 5 heteroatoms. The molecule has 2 rings (SSSR count). The molecule has 3 N–H and O–H groups in total. The zero-order valence-corrected chi connectivity index (χ0v) is 12.5. The van der Waals surface area contributed by atoms with Crippen molar-refractivity contribution in [2.75, 3.05) is 36.9 Å². The number of hydrogen-bond donors (Lipinski definition) is 2. The lowest BCUT2D eigenvalue weighted by molar-refractivity contribution is 0.0527. The molecule has 1 aromatic carbocycles. The number of aliphatic hydroxyl groups is 1. The maximum absolute atomic E-state index is 12.1. The molecule has 21 heavy (non-hydrogen) atoms. The van der Waals surface area contributed by atoms with Crippen LogP contribution < -0.4 is 10.6 Å². The van der Waals surface area contributed by atoms with Crippen LogP contribution in [0.15, 0.2) is 18.2 Å². The van der Waals surface area contributed by atoms with Gasteiger partial charge in [-0.15, -0.1) is 0 Å². The van der Waals surface area contributed by atoms with Gasteiger partial charge in [0.2, 0.25) is 0 Å². The quantitative estimate of drug-likeness (QED) is 0.641. The molecule has 0 bridgehead atoms. The van der Waals surface area contributed by atoms with Crippen molar-refractivity contribution in [1.82, 2.24) is 0 Å². The van der Waals surface area contributed by atoms with Crippen molar-refractivity contribution >= 4 is 17.3 Å². The molecule has 1 aromatic rings. The number of benzene rings is 1. The molecule has 0 radical (unpaired) electrons. The molecular weight excluding hydrogens is 268 g/mol. The van der Waals surface area contributed by atoms with Crippen LogP contribution in [0.4, 0.5) is 11.4 Å². The van der Waals surface area contributed by atoms with Crippen LogP contribution in [0.5, 0.6) is 0 Å². The summed E-state index contributed by atoms with van der Waals surface area (Å²) in [4.78, 5) is 14.3. The Bertz CT molecular complexity index is 488. The van der Waals surface area contributed by atoms with Gasteiger partial charge in [0.1, 0.15) is 0 Å². The van der Waals surface area contributed by atoms with Crippen LogP contribution in [-0.4, -0.2) is 37.4 Å². The lowest BCUT2D eigenvalue weighted by atomic mass is 9.94. The Morgan fingerprint density at radius 3 is 3.05 bits per heavy atom. The van der Waals surface area contributed by atoms with E-state index < -0.39 is 0 Å². The number of rotatable bonds is 5. The van der Waals surface area contributed by atoms with Gasteiger partial charge in [-0.25, -0.2) is 4.79 Å². The smallest absolute Gasteiger partial charge is 0.340 e. The predicted molar refractivity (Wildman–Crippen MR) is 83.5 cm³/mol. The summed E-state index contributed by atoms with van der Waals surface area (Å²) in [5.41, 5.74) is 7.78. The molecule has 1 unspecified atom stereocenters. The number of piperidine rings is 1. The maximum atomic E-state index is 12.1. The van der Waals surface area contributed by atoms with Gasteiger partial charge in [0.15, 0.2) is 0 Å². The first-order chi connectivity index (χ1) is 10.2. The summed E-state index contributed by atoms with van der Waals surface area (Å²) >= 11 is 0. The highest BCUT2D eigenvalue weighted by Gasteiger charge is 2.24. The first kappa shape index (κ1) is 15.6. The largest absolute Gasteiger partial charge is 0.462 e. The average molecular weight is 292 g/mol. The van der Waals surface area contributed by atoms with E-state index in [1.165, 1.54) is 0 Å². The molecule has 0 amide bonds. The second-order valence-electron chi connectivity index (χ2n) is 5.46. The van der Waals surface area contributed by atoms with E-state index in [9.17, 15) is 4.79 Å². The Balaban J connectivity index is 2.23. The van der Waals surface area contributed by atoms with E-state index >= 15 is 0 Å². The van der Waals surface area contributed by atoms with E-state index in [1.807, 2.05) is 12.1 Å². The Kier molecular flexibility index (Phi) is 5.44. The summed E-state index contributed by atoms with van der Waals surface area (Å²) in [5.74, 6) is 0.139. The fraction of sp³-hybridized carbons (Fsp3) is 0.562. The lowest BCUT2D eigenvalue weighted by Crippen LogP contribution is -2.36. The normalized spacial score (nSPS) is 18.6. The summed E-state index contributed by atoms with van der Waals surface area (Å²) in [6.07, 6.45) is 3.00. The zero-order valence-electron chi connectivity index (χ0n) is 12.5. The molecule has 1 heterocycles. The van der Waals surface area contributed by atoms with Crippen LogP contribution in [0.2, 0.25) is 0 Å². The van der Waals surface area contributed by atoms with Crippen molar-refractivity contribution in [3.63, 3.8) is 0 Å². The van der Waals surface area contributed by atoms with E-state index in [1.54, 1.807) is 13.0 Å². The van der Waals surface area contributed by atoms with Crippen molar-refractivity contribution in [3.8, 4) is 0 Å². The number of nitrogen functional groups attached to an aromatic ring is 1. The number of nitrogens with zero attached hydrogens (tertiary/aromatic N) is 1. The maximum Gasteiger partial charge on any atom is 0.340 e. The second-order valence-corrected chi connectivity index (χ2v) is 5.46. The van der Waals surface area contributed by atoms with Crippen LogP contribution in [0.25, 0.3) is 0 Å². The molecule has 0 spiro atoms. The SMILES string of the molecule is CCOC(=O)c1cc(N)ccc1N1CCCC(CCO)C1. The number of carbonyl (C=O) groups is 1. The van der Waals surface area contributed by atoms with Crippen LogP contribution in [0.3, 0.4) is 0 Å². The third kappa shape index (κ3) is 3.88. The molecule has 1 aliphatic rings. The van der Waals surface area contributed by atoms with Gasteiger partial charge in [0, 0.05) is 25.4 Å². The van der Waals surface area contributed by atoms with Gasteiger partial charge in [-0.3, -0.25) is 0 Å². The number of carbonyl (C=O) groups excluding carboxylic acids is 1. The third-order valence-corrected chi connectivity index (χ3v) is 3.91. The minimum absolute atomic E-state index is 0.213.